The summed E-state index contributed by atoms with van der Waals surface area (Å²) in [5.74, 6) is 1.29. The third kappa shape index (κ3) is 5.52. The number of piperidine rings is 1. The molecule has 0 spiro atoms. The van der Waals surface area contributed by atoms with Crippen LogP contribution in [0.3, 0.4) is 0 Å². The van der Waals surface area contributed by atoms with Crippen LogP contribution in [0.5, 0.6) is 5.75 Å². The van der Waals surface area contributed by atoms with Crippen LogP contribution in [-0.4, -0.2) is 36.0 Å². The van der Waals surface area contributed by atoms with Gasteiger partial charge < -0.3 is 9.64 Å². The lowest BCUT2D eigenvalue weighted by Crippen LogP contribution is -2.40. The topological polar surface area (TPSA) is 42.4 Å². The highest BCUT2D eigenvalue weighted by molar-refractivity contribution is 5.79. The lowest BCUT2D eigenvalue weighted by molar-refractivity contribution is -0.131. The van der Waals surface area contributed by atoms with Crippen molar-refractivity contribution in [3.05, 3.63) is 94.8 Å². The number of aryl methyl sites for hydroxylation is 1. The maximum atomic E-state index is 12.9. The zero-order chi connectivity index (χ0) is 21.6. The predicted molar refractivity (Wildman–Crippen MR) is 123 cm³/mol. The molecule has 4 heteroatoms. The summed E-state index contributed by atoms with van der Waals surface area (Å²) in [6.07, 6.45) is 3.36. The van der Waals surface area contributed by atoms with Crippen LogP contribution in [0, 0.1) is 6.92 Å². The van der Waals surface area contributed by atoms with E-state index >= 15 is 0 Å². The second-order valence-electron chi connectivity index (χ2n) is 8.42. The molecule has 4 nitrogen and oxygen atoms in total. The average molecular weight is 415 g/mol. The van der Waals surface area contributed by atoms with Crippen molar-refractivity contribution in [1.82, 2.24) is 9.88 Å². The highest BCUT2D eigenvalue weighted by Gasteiger charge is 2.25. The van der Waals surface area contributed by atoms with Gasteiger partial charge in [0.15, 0.2) is 0 Å². The van der Waals surface area contributed by atoms with E-state index in [4.69, 9.17) is 9.72 Å². The van der Waals surface area contributed by atoms with Crippen molar-refractivity contribution in [2.24, 2.45) is 0 Å². The SMILES string of the molecule is COc1ccc(CC(=O)N2CCC[C@@H](c3cccc(Cc4cccc(C)c4)n3)C2)cc1. The fraction of sp³-hybridized carbons (Fsp3) is 0.333. The summed E-state index contributed by atoms with van der Waals surface area (Å²) in [4.78, 5) is 19.9. The Balaban J connectivity index is 1.41. The van der Waals surface area contributed by atoms with Crippen LogP contribution in [0.1, 0.15) is 46.8 Å². The van der Waals surface area contributed by atoms with E-state index in [9.17, 15) is 4.79 Å². The van der Waals surface area contributed by atoms with E-state index in [1.165, 1.54) is 11.1 Å². The number of pyridine rings is 1. The third-order valence-electron chi connectivity index (χ3n) is 6.00. The summed E-state index contributed by atoms with van der Waals surface area (Å²) in [5, 5.41) is 0. The molecule has 31 heavy (non-hydrogen) atoms. The lowest BCUT2D eigenvalue weighted by atomic mass is 9.93. The maximum Gasteiger partial charge on any atom is 0.227 e. The largest absolute Gasteiger partial charge is 0.497 e. The van der Waals surface area contributed by atoms with Gasteiger partial charge in [-0.25, -0.2) is 0 Å². The molecule has 0 radical (unpaired) electrons. The summed E-state index contributed by atoms with van der Waals surface area (Å²) in [6, 6.07) is 22.7. The smallest absolute Gasteiger partial charge is 0.227 e. The zero-order valence-corrected chi connectivity index (χ0v) is 18.4. The van der Waals surface area contributed by atoms with Gasteiger partial charge in [0.25, 0.3) is 0 Å². The first kappa shape index (κ1) is 21.1. The van der Waals surface area contributed by atoms with Crippen molar-refractivity contribution in [3.63, 3.8) is 0 Å². The van der Waals surface area contributed by atoms with Crippen molar-refractivity contribution in [2.75, 3.05) is 20.2 Å². The number of benzene rings is 2. The number of carbonyl (C=O) groups excluding carboxylic acids is 1. The molecule has 1 saturated heterocycles. The third-order valence-corrected chi connectivity index (χ3v) is 6.00. The molecule has 2 heterocycles. The summed E-state index contributed by atoms with van der Waals surface area (Å²) in [7, 11) is 1.65. The van der Waals surface area contributed by atoms with Gasteiger partial charge in [0.1, 0.15) is 5.75 Å². The normalized spacial score (nSPS) is 16.2. The Morgan fingerprint density at radius 1 is 1.06 bits per heavy atom. The summed E-state index contributed by atoms with van der Waals surface area (Å²) < 4.78 is 5.20. The Labute approximate surface area is 184 Å². The van der Waals surface area contributed by atoms with Crippen molar-refractivity contribution < 1.29 is 9.53 Å². The standard InChI is InChI=1S/C27H30N2O2/c1-20-6-3-7-22(16-20)17-24-9-4-10-26(28-24)23-8-5-15-29(19-23)27(30)18-21-11-13-25(31-2)14-12-21/h3-4,6-7,9-14,16,23H,5,8,15,17-19H2,1-2H3/t23-/m1/s1. The maximum absolute atomic E-state index is 12.9. The molecule has 0 saturated carbocycles. The minimum atomic E-state index is 0.186. The van der Waals surface area contributed by atoms with Gasteiger partial charge >= 0.3 is 0 Å². The van der Waals surface area contributed by atoms with Gasteiger partial charge in [-0.1, -0.05) is 48.0 Å². The Morgan fingerprint density at radius 3 is 2.65 bits per heavy atom. The minimum Gasteiger partial charge on any atom is -0.497 e. The number of likely N-dealkylation sites (tertiary alicyclic amines) is 1. The molecular weight excluding hydrogens is 384 g/mol. The molecule has 1 amide bonds. The molecule has 3 aromatic rings. The van der Waals surface area contributed by atoms with E-state index in [2.05, 4.69) is 49.4 Å². The number of hydrogen-bond donors (Lipinski definition) is 0. The number of ether oxygens (including phenoxy) is 1. The molecular formula is C27H30N2O2. The Kier molecular flexibility index (Phi) is 6.66. The van der Waals surface area contributed by atoms with Crippen molar-refractivity contribution in [1.29, 1.82) is 0 Å². The van der Waals surface area contributed by atoms with Gasteiger partial charge in [0.2, 0.25) is 5.91 Å². The van der Waals surface area contributed by atoms with Gasteiger partial charge in [-0.15, -0.1) is 0 Å². The monoisotopic (exact) mass is 414 g/mol. The first-order valence-electron chi connectivity index (χ1n) is 11.0. The van der Waals surface area contributed by atoms with E-state index in [1.54, 1.807) is 7.11 Å². The van der Waals surface area contributed by atoms with Crippen LogP contribution >= 0.6 is 0 Å². The highest BCUT2D eigenvalue weighted by Crippen LogP contribution is 2.27. The molecule has 1 aliphatic rings. The number of aromatic nitrogens is 1. The van der Waals surface area contributed by atoms with Gasteiger partial charge in [-0.05, 0) is 55.2 Å². The quantitative estimate of drug-likeness (QED) is 0.574. The predicted octanol–water partition coefficient (Wildman–Crippen LogP) is 4.94. The molecule has 1 aromatic heterocycles. The van der Waals surface area contributed by atoms with Crippen molar-refractivity contribution >= 4 is 5.91 Å². The summed E-state index contributed by atoms with van der Waals surface area (Å²) in [5.41, 5.74) is 5.76. The van der Waals surface area contributed by atoms with Gasteiger partial charge in [-0.3, -0.25) is 9.78 Å². The van der Waals surface area contributed by atoms with Crippen molar-refractivity contribution in [3.8, 4) is 5.75 Å². The molecule has 0 unspecified atom stereocenters. The van der Waals surface area contributed by atoms with E-state index in [1.807, 2.05) is 29.2 Å². The molecule has 4 rings (SSSR count). The van der Waals surface area contributed by atoms with Crippen LogP contribution < -0.4 is 4.74 Å². The average Bonchev–Trinajstić information content (AvgIpc) is 2.80. The first-order chi connectivity index (χ1) is 15.1. The van der Waals surface area contributed by atoms with E-state index in [-0.39, 0.29) is 5.91 Å². The second kappa shape index (κ2) is 9.78. The lowest BCUT2D eigenvalue weighted by Gasteiger charge is -2.32. The van der Waals surface area contributed by atoms with Crippen LogP contribution in [0.25, 0.3) is 0 Å². The minimum absolute atomic E-state index is 0.186. The van der Waals surface area contributed by atoms with Crippen LogP contribution in [0.2, 0.25) is 0 Å². The molecule has 1 aliphatic heterocycles. The number of nitrogens with zero attached hydrogens (tertiary/aromatic N) is 2. The summed E-state index contributed by atoms with van der Waals surface area (Å²) in [6.45, 7) is 3.69. The number of rotatable bonds is 6. The number of amides is 1. The number of methoxy groups -OCH3 is 1. The van der Waals surface area contributed by atoms with Gasteiger partial charge in [0.05, 0.1) is 13.5 Å². The molecule has 2 aromatic carbocycles. The molecule has 1 fully saturated rings. The number of hydrogen-bond acceptors (Lipinski definition) is 3. The summed E-state index contributed by atoms with van der Waals surface area (Å²) >= 11 is 0. The van der Waals surface area contributed by atoms with Gasteiger partial charge in [-0.2, -0.15) is 0 Å². The Hall–Kier alpha value is -3.14. The molecule has 0 N–H and O–H groups in total. The molecule has 160 valence electrons. The molecule has 0 bridgehead atoms. The van der Waals surface area contributed by atoms with Crippen molar-refractivity contribution in [2.45, 2.75) is 38.5 Å². The number of carbonyl (C=O) groups is 1. The van der Waals surface area contributed by atoms with E-state index < -0.39 is 0 Å². The fourth-order valence-corrected chi connectivity index (χ4v) is 4.33. The van der Waals surface area contributed by atoms with Gasteiger partial charge in [0, 0.05) is 36.8 Å². The Morgan fingerprint density at radius 2 is 1.87 bits per heavy atom. The van der Waals surface area contributed by atoms with E-state index in [0.717, 1.165) is 55.1 Å². The fourth-order valence-electron chi connectivity index (χ4n) is 4.33. The highest BCUT2D eigenvalue weighted by atomic mass is 16.5. The van der Waals surface area contributed by atoms with Crippen LogP contribution in [0.4, 0.5) is 0 Å². The van der Waals surface area contributed by atoms with E-state index in [0.29, 0.717) is 12.3 Å². The molecule has 1 atom stereocenters. The zero-order valence-electron chi connectivity index (χ0n) is 18.4. The molecule has 0 aliphatic carbocycles. The van der Waals surface area contributed by atoms with Crippen LogP contribution in [0.15, 0.2) is 66.7 Å². The second-order valence-corrected chi connectivity index (χ2v) is 8.42. The Bertz CT molecular complexity index is 1030. The van der Waals surface area contributed by atoms with Crippen LogP contribution in [-0.2, 0) is 17.6 Å². The first-order valence-corrected chi connectivity index (χ1v) is 11.0.